The van der Waals surface area contributed by atoms with Crippen molar-refractivity contribution in [3.05, 3.63) is 26.7 Å². The summed E-state index contributed by atoms with van der Waals surface area (Å²) in [7, 11) is 0. The van der Waals surface area contributed by atoms with Gasteiger partial charge in [0.2, 0.25) is 0 Å². The van der Waals surface area contributed by atoms with Gasteiger partial charge in [-0.05, 0) is 44.9 Å². The van der Waals surface area contributed by atoms with Gasteiger partial charge in [-0.3, -0.25) is 19.1 Å². The fourth-order valence-corrected chi connectivity index (χ4v) is 4.58. The summed E-state index contributed by atoms with van der Waals surface area (Å²) in [6.45, 7) is 2.45. The topological polar surface area (TPSA) is 121 Å². The summed E-state index contributed by atoms with van der Waals surface area (Å²) in [5.74, 6) is 0.0285. The third kappa shape index (κ3) is 2.19. The van der Waals surface area contributed by atoms with Crippen LogP contribution in [0.5, 0.6) is 0 Å². The molecule has 8 heteroatoms. The lowest BCUT2D eigenvalue weighted by molar-refractivity contribution is -0.156. The molecule has 3 aliphatic rings. The highest BCUT2D eigenvalue weighted by molar-refractivity contribution is 5.75. The summed E-state index contributed by atoms with van der Waals surface area (Å²) in [6.07, 6.45) is 4.90. The average molecular weight is 346 g/mol. The van der Waals surface area contributed by atoms with Gasteiger partial charge in [-0.1, -0.05) is 6.92 Å². The molecule has 2 bridgehead atoms. The molecule has 3 aliphatic carbocycles. The number of aliphatic carboxylic acids is 1. The molecule has 0 atom stereocenters. The maximum atomic E-state index is 12.2. The highest BCUT2D eigenvalue weighted by atomic mass is 16.4. The van der Waals surface area contributed by atoms with Crippen molar-refractivity contribution < 1.29 is 9.90 Å². The normalized spacial score (nSPS) is 28.5. The zero-order valence-electron chi connectivity index (χ0n) is 14.2. The molecule has 2 aromatic rings. The van der Waals surface area contributed by atoms with Crippen molar-refractivity contribution in [1.82, 2.24) is 19.5 Å². The van der Waals surface area contributed by atoms with E-state index in [1.54, 1.807) is 0 Å². The van der Waals surface area contributed by atoms with Crippen molar-refractivity contribution in [3.8, 4) is 0 Å². The lowest BCUT2D eigenvalue weighted by Crippen LogP contribution is -2.48. The van der Waals surface area contributed by atoms with E-state index in [9.17, 15) is 19.5 Å². The van der Waals surface area contributed by atoms with Crippen LogP contribution in [0.4, 0.5) is 0 Å². The van der Waals surface area contributed by atoms with E-state index in [1.807, 2.05) is 6.92 Å². The van der Waals surface area contributed by atoms with Crippen LogP contribution in [0.15, 0.2) is 9.59 Å². The number of nitrogens with zero attached hydrogens (tertiary/aromatic N) is 2. The second-order valence-electron chi connectivity index (χ2n) is 7.56. The summed E-state index contributed by atoms with van der Waals surface area (Å²) in [6, 6.07) is 0. The Kier molecular flexibility index (Phi) is 3.42. The van der Waals surface area contributed by atoms with Crippen molar-refractivity contribution in [2.45, 2.75) is 63.8 Å². The molecule has 5 rings (SSSR count). The van der Waals surface area contributed by atoms with E-state index >= 15 is 0 Å². The molecule has 0 unspecified atom stereocenters. The Balaban J connectivity index is 1.80. The van der Waals surface area contributed by atoms with Gasteiger partial charge in [0, 0.05) is 12.0 Å². The fraction of sp³-hybridized carbons (Fsp3) is 0.647. The van der Waals surface area contributed by atoms with Crippen molar-refractivity contribution in [2.24, 2.45) is 5.41 Å². The molecule has 25 heavy (non-hydrogen) atoms. The van der Waals surface area contributed by atoms with Gasteiger partial charge in [0.1, 0.15) is 11.3 Å². The van der Waals surface area contributed by atoms with Crippen LogP contribution >= 0.6 is 0 Å². The minimum Gasteiger partial charge on any atom is -0.481 e. The molecule has 2 aromatic heterocycles. The third-order valence-corrected chi connectivity index (χ3v) is 6.28. The van der Waals surface area contributed by atoms with Gasteiger partial charge < -0.3 is 10.1 Å². The molecule has 0 saturated heterocycles. The van der Waals surface area contributed by atoms with Crippen LogP contribution < -0.4 is 11.2 Å². The highest BCUT2D eigenvalue weighted by Gasteiger charge is 2.54. The molecule has 0 radical (unpaired) electrons. The Hall–Kier alpha value is -2.38. The maximum absolute atomic E-state index is 12.2. The van der Waals surface area contributed by atoms with E-state index in [-0.39, 0.29) is 5.41 Å². The molecular weight excluding hydrogens is 324 g/mol. The summed E-state index contributed by atoms with van der Waals surface area (Å²) >= 11 is 0. The summed E-state index contributed by atoms with van der Waals surface area (Å²) in [5.41, 5.74) is -0.953. The van der Waals surface area contributed by atoms with E-state index in [0.29, 0.717) is 37.0 Å². The average Bonchev–Trinajstić information content (AvgIpc) is 3.07. The Labute approximate surface area is 143 Å². The Morgan fingerprint density at radius 1 is 1.16 bits per heavy atom. The van der Waals surface area contributed by atoms with Gasteiger partial charge in [0.25, 0.3) is 5.56 Å². The van der Waals surface area contributed by atoms with Gasteiger partial charge in [0.05, 0.1) is 5.41 Å². The predicted octanol–water partition coefficient (Wildman–Crippen LogP) is 1.50. The zero-order chi connectivity index (χ0) is 17.8. The van der Waals surface area contributed by atoms with E-state index < -0.39 is 22.6 Å². The third-order valence-electron chi connectivity index (χ3n) is 6.28. The van der Waals surface area contributed by atoms with Crippen LogP contribution in [0, 0.1) is 5.41 Å². The molecule has 134 valence electrons. The van der Waals surface area contributed by atoms with Crippen molar-refractivity contribution in [3.63, 3.8) is 0 Å². The van der Waals surface area contributed by atoms with E-state index in [4.69, 9.17) is 0 Å². The molecule has 0 spiro atoms. The van der Waals surface area contributed by atoms with Crippen molar-refractivity contribution in [2.75, 3.05) is 0 Å². The van der Waals surface area contributed by atoms with E-state index in [2.05, 4.69) is 15.0 Å². The number of hydrogen-bond acceptors (Lipinski definition) is 4. The van der Waals surface area contributed by atoms with Crippen LogP contribution in [0.3, 0.4) is 0 Å². The quantitative estimate of drug-likeness (QED) is 0.774. The maximum Gasteiger partial charge on any atom is 0.330 e. The SMILES string of the molecule is CCCn1c(=O)[nH]c(=O)c2[nH]c(C34CCC(C(=O)O)(CC3)CC4)nc21. The smallest absolute Gasteiger partial charge is 0.330 e. The van der Waals surface area contributed by atoms with Gasteiger partial charge in [0.15, 0.2) is 5.65 Å². The number of nitrogens with one attached hydrogen (secondary N) is 2. The van der Waals surface area contributed by atoms with E-state index in [0.717, 1.165) is 31.5 Å². The first kappa shape index (κ1) is 16.1. The number of aromatic amines is 2. The van der Waals surface area contributed by atoms with Gasteiger partial charge in [-0.15, -0.1) is 0 Å². The largest absolute Gasteiger partial charge is 0.481 e. The second-order valence-corrected chi connectivity index (χ2v) is 7.56. The Morgan fingerprint density at radius 2 is 1.80 bits per heavy atom. The number of H-pyrrole nitrogens is 2. The standard InChI is InChI=1S/C17H22N4O4/c1-2-9-21-11-10(12(22)20-15(21)25)18-13(19-11)16-3-6-17(7-4-16,8-5-16)14(23)24/h2-9H2,1H3,(H,18,19)(H,23,24)(H,20,22,25). The minimum atomic E-state index is -0.696. The molecule has 2 heterocycles. The van der Waals surface area contributed by atoms with Crippen LogP contribution in [0.2, 0.25) is 0 Å². The number of carbonyl (C=O) groups is 1. The first-order valence-electron chi connectivity index (χ1n) is 8.88. The number of fused-ring (bicyclic) bond motifs is 4. The van der Waals surface area contributed by atoms with Crippen LogP contribution in [0.1, 0.15) is 57.7 Å². The Morgan fingerprint density at radius 3 is 2.36 bits per heavy atom. The minimum absolute atomic E-state index is 0.213. The number of aromatic nitrogens is 4. The number of hydrogen-bond donors (Lipinski definition) is 3. The number of carboxylic acid groups (broad SMARTS) is 1. The molecule has 0 amide bonds. The molecule has 3 saturated carbocycles. The summed E-state index contributed by atoms with van der Waals surface area (Å²) in [5, 5.41) is 9.54. The number of imidazole rings is 1. The lowest BCUT2D eigenvalue weighted by Gasteiger charge is -2.50. The van der Waals surface area contributed by atoms with Crippen LogP contribution in [0.25, 0.3) is 11.2 Å². The second kappa shape index (κ2) is 5.31. The van der Waals surface area contributed by atoms with E-state index in [1.165, 1.54) is 4.57 Å². The summed E-state index contributed by atoms with van der Waals surface area (Å²) < 4.78 is 1.50. The highest BCUT2D eigenvalue weighted by Crippen LogP contribution is 2.57. The van der Waals surface area contributed by atoms with Gasteiger partial charge in [-0.25, -0.2) is 9.78 Å². The first-order valence-corrected chi connectivity index (χ1v) is 8.88. The van der Waals surface area contributed by atoms with Gasteiger partial charge in [-0.2, -0.15) is 0 Å². The molecule has 3 N–H and O–H groups in total. The molecular formula is C17H22N4O4. The molecule has 0 aliphatic heterocycles. The molecule has 3 fully saturated rings. The predicted molar refractivity (Wildman–Crippen MR) is 90.7 cm³/mol. The summed E-state index contributed by atoms with van der Waals surface area (Å²) in [4.78, 5) is 46.0. The first-order chi connectivity index (χ1) is 11.9. The number of carboxylic acids is 1. The van der Waals surface area contributed by atoms with Crippen molar-refractivity contribution in [1.29, 1.82) is 0 Å². The zero-order valence-corrected chi connectivity index (χ0v) is 14.2. The monoisotopic (exact) mass is 346 g/mol. The number of aryl methyl sites for hydroxylation is 1. The Bertz CT molecular complexity index is 943. The molecule has 8 nitrogen and oxygen atoms in total. The molecule has 0 aromatic carbocycles. The fourth-order valence-electron chi connectivity index (χ4n) is 4.58. The van der Waals surface area contributed by atoms with Crippen LogP contribution in [-0.4, -0.2) is 30.6 Å². The van der Waals surface area contributed by atoms with Gasteiger partial charge >= 0.3 is 11.7 Å². The number of rotatable bonds is 4. The van der Waals surface area contributed by atoms with Crippen molar-refractivity contribution >= 4 is 17.1 Å². The lowest BCUT2D eigenvalue weighted by atomic mass is 9.53. The van der Waals surface area contributed by atoms with Crippen LogP contribution in [-0.2, 0) is 16.8 Å².